The first kappa shape index (κ1) is 16.8. The first-order chi connectivity index (χ1) is 11.2. The molecule has 132 valence electrons. The molecule has 1 aliphatic heterocycles. The number of primary amides is 1. The molecule has 0 radical (unpaired) electrons. The number of ether oxygens (including phenoxy) is 1. The summed E-state index contributed by atoms with van der Waals surface area (Å²) in [6.07, 6.45) is 0.969. The van der Waals surface area contributed by atoms with E-state index in [-0.39, 0.29) is 24.0 Å². The van der Waals surface area contributed by atoms with Crippen molar-refractivity contribution < 1.29 is 18.7 Å². The quantitative estimate of drug-likeness (QED) is 0.855. The smallest absolute Gasteiger partial charge is 0.318 e. The van der Waals surface area contributed by atoms with Gasteiger partial charge >= 0.3 is 6.03 Å². The molecule has 0 bridgehead atoms. The van der Waals surface area contributed by atoms with Gasteiger partial charge in [0.1, 0.15) is 11.5 Å². The lowest BCUT2D eigenvalue weighted by Gasteiger charge is -2.37. The molecule has 1 aromatic heterocycles. The SMILES string of the molecule is Cc1cc2c(o1)CC(C)(C)C[C@H]2NC(=O)N1CCO[C@H](C(N)=O)C1. The third kappa shape index (κ3) is 3.40. The Morgan fingerprint density at radius 3 is 2.88 bits per heavy atom. The normalized spacial score (nSPS) is 25.9. The summed E-state index contributed by atoms with van der Waals surface area (Å²) < 4.78 is 11.1. The van der Waals surface area contributed by atoms with Crippen molar-refractivity contribution in [2.24, 2.45) is 11.1 Å². The number of carbonyl (C=O) groups is 2. The molecular weight excluding hydrogens is 310 g/mol. The summed E-state index contributed by atoms with van der Waals surface area (Å²) in [7, 11) is 0. The van der Waals surface area contributed by atoms with E-state index in [2.05, 4.69) is 19.2 Å². The zero-order chi connectivity index (χ0) is 17.5. The molecule has 3 amide bonds. The van der Waals surface area contributed by atoms with Gasteiger partial charge in [-0.25, -0.2) is 4.79 Å². The highest BCUT2D eigenvalue weighted by Gasteiger charge is 2.37. The van der Waals surface area contributed by atoms with Gasteiger partial charge in [0.25, 0.3) is 0 Å². The summed E-state index contributed by atoms with van der Waals surface area (Å²) >= 11 is 0. The highest BCUT2D eigenvalue weighted by atomic mass is 16.5. The van der Waals surface area contributed by atoms with Gasteiger partial charge < -0.3 is 25.1 Å². The molecule has 3 rings (SSSR count). The van der Waals surface area contributed by atoms with Gasteiger partial charge in [0, 0.05) is 18.5 Å². The first-order valence-corrected chi connectivity index (χ1v) is 8.31. The molecule has 24 heavy (non-hydrogen) atoms. The van der Waals surface area contributed by atoms with Crippen LogP contribution in [-0.4, -0.2) is 42.6 Å². The van der Waals surface area contributed by atoms with Gasteiger partial charge in [-0.15, -0.1) is 0 Å². The second-order valence-electron chi connectivity index (χ2n) is 7.49. The number of hydrogen-bond donors (Lipinski definition) is 2. The van der Waals surface area contributed by atoms with Crippen LogP contribution in [0.3, 0.4) is 0 Å². The van der Waals surface area contributed by atoms with Crippen LogP contribution in [0, 0.1) is 12.3 Å². The number of nitrogens with one attached hydrogen (secondary N) is 1. The number of nitrogens with zero attached hydrogens (tertiary/aromatic N) is 1. The number of carbonyl (C=O) groups excluding carboxylic acids is 2. The monoisotopic (exact) mass is 335 g/mol. The maximum absolute atomic E-state index is 12.6. The second-order valence-corrected chi connectivity index (χ2v) is 7.49. The van der Waals surface area contributed by atoms with Crippen molar-refractivity contribution in [2.45, 2.75) is 45.8 Å². The largest absolute Gasteiger partial charge is 0.466 e. The van der Waals surface area contributed by atoms with Gasteiger partial charge in [-0.1, -0.05) is 13.8 Å². The lowest BCUT2D eigenvalue weighted by Crippen LogP contribution is -2.54. The number of furan rings is 1. The van der Waals surface area contributed by atoms with E-state index in [1.807, 2.05) is 13.0 Å². The molecule has 7 heteroatoms. The Balaban J connectivity index is 1.73. The number of aryl methyl sites for hydroxylation is 1. The summed E-state index contributed by atoms with van der Waals surface area (Å²) in [6.45, 7) is 7.21. The molecule has 2 atom stereocenters. The maximum atomic E-state index is 12.6. The van der Waals surface area contributed by atoms with E-state index in [1.165, 1.54) is 0 Å². The number of morpholine rings is 1. The van der Waals surface area contributed by atoms with Crippen LogP contribution >= 0.6 is 0 Å². The van der Waals surface area contributed by atoms with E-state index >= 15 is 0 Å². The molecule has 0 spiro atoms. The molecule has 2 aliphatic rings. The van der Waals surface area contributed by atoms with Crippen molar-refractivity contribution in [3.8, 4) is 0 Å². The average molecular weight is 335 g/mol. The molecule has 0 aromatic carbocycles. The molecular formula is C17H25N3O4. The van der Waals surface area contributed by atoms with Crippen molar-refractivity contribution in [3.05, 3.63) is 23.2 Å². The highest BCUT2D eigenvalue weighted by molar-refractivity contribution is 5.81. The van der Waals surface area contributed by atoms with Gasteiger partial charge in [0.05, 0.1) is 19.2 Å². The Hall–Kier alpha value is -2.02. The van der Waals surface area contributed by atoms with Crippen LogP contribution < -0.4 is 11.1 Å². The third-order valence-corrected chi connectivity index (χ3v) is 4.70. The van der Waals surface area contributed by atoms with E-state index in [4.69, 9.17) is 14.9 Å². The van der Waals surface area contributed by atoms with Crippen LogP contribution in [0.4, 0.5) is 4.79 Å². The predicted octanol–water partition coefficient (Wildman–Crippen LogP) is 1.50. The Kier molecular flexibility index (Phi) is 4.29. The fourth-order valence-electron chi connectivity index (χ4n) is 3.56. The summed E-state index contributed by atoms with van der Waals surface area (Å²) in [5, 5.41) is 3.09. The van der Waals surface area contributed by atoms with Crippen LogP contribution in [0.15, 0.2) is 10.5 Å². The van der Waals surface area contributed by atoms with Crippen LogP contribution in [0.1, 0.15) is 43.4 Å². The van der Waals surface area contributed by atoms with Crippen LogP contribution in [0.2, 0.25) is 0 Å². The van der Waals surface area contributed by atoms with Gasteiger partial charge in [-0.3, -0.25) is 4.79 Å². The van der Waals surface area contributed by atoms with Crippen molar-refractivity contribution in [2.75, 3.05) is 19.7 Å². The summed E-state index contributed by atoms with van der Waals surface area (Å²) in [5.74, 6) is 1.27. The van der Waals surface area contributed by atoms with E-state index in [0.29, 0.717) is 13.2 Å². The Bertz CT molecular complexity index is 652. The van der Waals surface area contributed by atoms with Crippen LogP contribution in [-0.2, 0) is 16.0 Å². The zero-order valence-electron chi connectivity index (χ0n) is 14.4. The minimum Gasteiger partial charge on any atom is -0.466 e. The van der Waals surface area contributed by atoms with Crippen molar-refractivity contribution in [1.82, 2.24) is 10.2 Å². The molecule has 0 unspecified atom stereocenters. The fourth-order valence-corrected chi connectivity index (χ4v) is 3.56. The molecule has 0 saturated carbocycles. The standard InChI is InChI=1S/C17H25N3O4/c1-10-6-11-12(7-17(2,3)8-13(11)24-10)19-16(22)20-4-5-23-14(9-20)15(18)21/h6,12,14H,4-5,7-9H2,1-3H3,(H2,18,21)(H,19,22)/t12-,14+/m1/s1. The van der Waals surface area contributed by atoms with Crippen molar-refractivity contribution >= 4 is 11.9 Å². The molecule has 7 nitrogen and oxygen atoms in total. The Labute approximate surface area is 141 Å². The molecule has 3 N–H and O–H groups in total. The minimum absolute atomic E-state index is 0.0516. The van der Waals surface area contributed by atoms with Gasteiger partial charge in [0.2, 0.25) is 5.91 Å². The van der Waals surface area contributed by atoms with Gasteiger partial charge in [-0.2, -0.15) is 0 Å². The number of rotatable bonds is 2. The van der Waals surface area contributed by atoms with E-state index < -0.39 is 12.0 Å². The second kappa shape index (κ2) is 6.12. The van der Waals surface area contributed by atoms with Gasteiger partial charge in [-0.05, 0) is 24.8 Å². The molecule has 1 fully saturated rings. The third-order valence-electron chi connectivity index (χ3n) is 4.70. The number of urea groups is 1. The minimum atomic E-state index is -0.737. The number of amides is 3. The summed E-state index contributed by atoms with van der Waals surface area (Å²) in [4.78, 5) is 25.5. The number of nitrogens with two attached hydrogens (primary N) is 1. The van der Waals surface area contributed by atoms with E-state index in [9.17, 15) is 9.59 Å². The van der Waals surface area contributed by atoms with Gasteiger partial charge in [0.15, 0.2) is 6.10 Å². The van der Waals surface area contributed by atoms with E-state index in [0.717, 1.165) is 29.9 Å². The number of hydrogen-bond acceptors (Lipinski definition) is 4. The summed E-state index contributed by atoms with van der Waals surface area (Å²) in [6, 6.07) is 1.71. The van der Waals surface area contributed by atoms with Crippen molar-refractivity contribution in [3.63, 3.8) is 0 Å². The lowest BCUT2D eigenvalue weighted by atomic mass is 9.75. The molecule has 1 aromatic rings. The fraction of sp³-hybridized carbons (Fsp3) is 0.647. The molecule has 1 aliphatic carbocycles. The number of fused-ring (bicyclic) bond motifs is 1. The molecule has 2 heterocycles. The lowest BCUT2D eigenvalue weighted by molar-refractivity contribution is -0.133. The van der Waals surface area contributed by atoms with E-state index in [1.54, 1.807) is 4.90 Å². The Morgan fingerprint density at radius 2 is 2.17 bits per heavy atom. The highest BCUT2D eigenvalue weighted by Crippen LogP contribution is 2.42. The predicted molar refractivity (Wildman–Crippen MR) is 87.3 cm³/mol. The molecule has 1 saturated heterocycles. The topological polar surface area (TPSA) is 97.8 Å². The average Bonchev–Trinajstić information content (AvgIpc) is 2.86. The summed E-state index contributed by atoms with van der Waals surface area (Å²) in [5.41, 5.74) is 6.39. The Morgan fingerprint density at radius 1 is 1.42 bits per heavy atom. The zero-order valence-corrected chi connectivity index (χ0v) is 14.4. The first-order valence-electron chi connectivity index (χ1n) is 8.31. The van der Waals surface area contributed by atoms with Crippen molar-refractivity contribution in [1.29, 1.82) is 0 Å². The van der Waals surface area contributed by atoms with Crippen LogP contribution in [0.5, 0.6) is 0 Å². The van der Waals surface area contributed by atoms with Crippen LogP contribution in [0.25, 0.3) is 0 Å². The maximum Gasteiger partial charge on any atom is 0.318 e.